The second kappa shape index (κ2) is 17.8. The van der Waals surface area contributed by atoms with Gasteiger partial charge in [0.15, 0.2) is 0 Å². The fourth-order valence-corrected chi connectivity index (χ4v) is 11.1. The van der Waals surface area contributed by atoms with Crippen LogP contribution in [0.3, 0.4) is 0 Å². The fraction of sp³-hybridized carbons (Fsp3) is 0.531. The zero-order valence-corrected chi connectivity index (χ0v) is 38.2. The highest BCUT2D eigenvalue weighted by Crippen LogP contribution is 2.44. The number of hydrogen-bond donors (Lipinski definition) is 4. The lowest BCUT2D eigenvalue weighted by Crippen LogP contribution is -2.54. The van der Waals surface area contributed by atoms with Gasteiger partial charge in [0.25, 0.3) is 0 Å². The highest BCUT2D eigenvalue weighted by atomic mass is 16.5. The van der Waals surface area contributed by atoms with Gasteiger partial charge in [0, 0.05) is 36.6 Å². The van der Waals surface area contributed by atoms with Crippen LogP contribution in [0.5, 0.6) is 5.75 Å². The Morgan fingerprint density at radius 1 is 0.922 bits per heavy atom. The van der Waals surface area contributed by atoms with Crippen molar-refractivity contribution in [1.29, 1.82) is 0 Å². The van der Waals surface area contributed by atoms with Gasteiger partial charge in [-0.05, 0) is 118 Å². The fourth-order valence-electron chi connectivity index (χ4n) is 11.1. The van der Waals surface area contributed by atoms with Gasteiger partial charge in [-0.2, -0.15) is 0 Å². The molecule has 5 aromatic rings. The van der Waals surface area contributed by atoms with E-state index in [1.165, 1.54) is 7.11 Å². The van der Waals surface area contributed by atoms with Crippen molar-refractivity contribution in [2.75, 3.05) is 34.4 Å². The quantitative estimate of drug-likeness (QED) is 0.105. The first-order valence-electron chi connectivity index (χ1n) is 22.9. The number of likely N-dealkylation sites (tertiary alicyclic amines) is 2. The zero-order valence-electron chi connectivity index (χ0n) is 38.2. The average molecular weight is 875 g/mol. The number of aromatic amines is 2. The number of methoxy groups -OCH3 is 2. The van der Waals surface area contributed by atoms with E-state index in [0.29, 0.717) is 44.8 Å². The molecule has 4 N–H and O–H groups in total. The molecular weight excluding hydrogens is 813 g/mol. The van der Waals surface area contributed by atoms with Gasteiger partial charge in [-0.25, -0.2) is 14.8 Å². The monoisotopic (exact) mass is 874 g/mol. The summed E-state index contributed by atoms with van der Waals surface area (Å²) in [7, 11) is 4.85. The van der Waals surface area contributed by atoms with Gasteiger partial charge in [0.2, 0.25) is 11.8 Å². The number of imidazole rings is 2. The van der Waals surface area contributed by atoms with Crippen molar-refractivity contribution in [3.05, 3.63) is 65.9 Å². The Bertz CT molecular complexity index is 2540. The lowest BCUT2D eigenvalue weighted by Gasteiger charge is -2.38. The summed E-state index contributed by atoms with van der Waals surface area (Å²) < 4.78 is 23.0. The molecule has 4 aliphatic rings. The number of nitrogens with one attached hydrogen (secondary N) is 4. The van der Waals surface area contributed by atoms with Crippen LogP contribution in [0.4, 0.5) is 4.79 Å². The maximum atomic E-state index is 14.6. The van der Waals surface area contributed by atoms with Crippen LogP contribution in [0.25, 0.3) is 44.2 Å². The van der Waals surface area contributed by atoms with E-state index >= 15 is 0 Å². The molecule has 3 aromatic carbocycles. The predicted octanol–water partition coefficient (Wildman–Crippen LogP) is 7.43. The molecule has 9 atom stereocenters. The van der Waals surface area contributed by atoms with Crippen molar-refractivity contribution < 1.29 is 33.3 Å². The molecule has 15 heteroatoms. The second-order valence-corrected chi connectivity index (χ2v) is 18.9. The number of carbonyl (C=O) groups is 3. The third-order valence-corrected chi connectivity index (χ3v) is 14.1. The zero-order chi connectivity index (χ0) is 45.0. The first-order valence-corrected chi connectivity index (χ1v) is 22.9. The molecule has 0 radical (unpaired) electrons. The van der Waals surface area contributed by atoms with Crippen LogP contribution in [-0.2, 0) is 30.4 Å². The number of nitrogens with zero attached hydrogens (tertiary/aromatic N) is 4. The van der Waals surface area contributed by atoms with Crippen molar-refractivity contribution in [1.82, 2.24) is 40.4 Å². The number of hydrogen-bond acceptors (Lipinski definition) is 10. The van der Waals surface area contributed by atoms with E-state index in [4.69, 9.17) is 28.9 Å². The number of likely N-dealkylation sites (N-methyl/N-ethyl adjacent to an activating group) is 1. The van der Waals surface area contributed by atoms with Crippen LogP contribution in [0.15, 0.2) is 48.7 Å². The summed E-state index contributed by atoms with van der Waals surface area (Å²) in [6.07, 6.45) is 4.86. The molecule has 3 saturated heterocycles. The molecular formula is C49H62N8O7. The Labute approximate surface area is 374 Å². The highest BCUT2D eigenvalue weighted by Gasteiger charge is 2.45. The summed E-state index contributed by atoms with van der Waals surface area (Å²) in [6, 6.07) is 13.5. The number of rotatable bonds is 11. The van der Waals surface area contributed by atoms with E-state index in [-0.39, 0.29) is 65.9 Å². The first kappa shape index (κ1) is 43.7. The van der Waals surface area contributed by atoms with Gasteiger partial charge in [-0.15, -0.1) is 0 Å². The van der Waals surface area contributed by atoms with E-state index in [0.717, 1.165) is 74.2 Å². The number of fused-ring (bicyclic) bond motifs is 6. The molecule has 3 amide bonds. The molecule has 0 bridgehead atoms. The number of aromatic nitrogens is 4. The Morgan fingerprint density at radius 3 is 2.45 bits per heavy atom. The normalized spacial score (nSPS) is 25.3. The lowest BCUT2D eigenvalue weighted by molar-refractivity contribution is -0.139. The first-order chi connectivity index (χ1) is 30.8. The van der Waals surface area contributed by atoms with E-state index in [1.54, 1.807) is 7.11 Å². The van der Waals surface area contributed by atoms with Crippen LogP contribution in [-0.4, -0.2) is 112 Å². The van der Waals surface area contributed by atoms with Crippen molar-refractivity contribution in [3.63, 3.8) is 0 Å². The predicted molar refractivity (Wildman–Crippen MR) is 243 cm³/mol. The molecule has 0 aliphatic carbocycles. The van der Waals surface area contributed by atoms with E-state index in [1.807, 2.05) is 36.9 Å². The van der Waals surface area contributed by atoms with Gasteiger partial charge < -0.3 is 49.3 Å². The number of carbonyl (C=O) groups excluding carboxylic acids is 3. The highest BCUT2D eigenvalue weighted by molar-refractivity contribution is 6.07. The van der Waals surface area contributed by atoms with E-state index in [2.05, 4.69) is 83.8 Å². The molecule has 0 spiro atoms. The minimum Gasteiger partial charge on any atom is -0.488 e. The number of H-pyrrole nitrogens is 2. The smallest absolute Gasteiger partial charge is 0.407 e. The van der Waals surface area contributed by atoms with Crippen molar-refractivity contribution in [2.24, 2.45) is 17.8 Å². The minimum absolute atomic E-state index is 0.0398. The van der Waals surface area contributed by atoms with Crippen molar-refractivity contribution >= 4 is 39.7 Å². The Morgan fingerprint density at radius 2 is 1.72 bits per heavy atom. The molecule has 3 fully saturated rings. The summed E-state index contributed by atoms with van der Waals surface area (Å²) in [6.45, 7) is 11.7. The molecule has 340 valence electrons. The Kier molecular flexibility index (Phi) is 12.2. The topological polar surface area (TPSA) is 176 Å². The molecule has 15 nitrogen and oxygen atoms in total. The number of alkyl carbamates (subject to hydrolysis) is 1. The summed E-state index contributed by atoms with van der Waals surface area (Å²) >= 11 is 0. The van der Waals surface area contributed by atoms with E-state index in [9.17, 15) is 14.4 Å². The van der Waals surface area contributed by atoms with Gasteiger partial charge in [0.05, 0.1) is 67.0 Å². The maximum absolute atomic E-state index is 14.6. The van der Waals surface area contributed by atoms with E-state index < -0.39 is 12.1 Å². The van der Waals surface area contributed by atoms with Gasteiger partial charge in [-0.3, -0.25) is 9.59 Å². The van der Waals surface area contributed by atoms with Crippen LogP contribution >= 0.6 is 0 Å². The van der Waals surface area contributed by atoms with Crippen LogP contribution in [0.2, 0.25) is 0 Å². The summed E-state index contributed by atoms with van der Waals surface area (Å²) in [5, 5.41) is 8.21. The molecule has 64 heavy (non-hydrogen) atoms. The summed E-state index contributed by atoms with van der Waals surface area (Å²) in [5.74, 6) is 2.43. The third-order valence-electron chi connectivity index (χ3n) is 14.1. The Balaban J connectivity index is 0.974. The van der Waals surface area contributed by atoms with Gasteiger partial charge in [-0.1, -0.05) is 32.0 Å². The average Bonchev–Trinajstić information content (AvgIpc) is 4.10. The standard InChI is InChI=1S/C49H62N8O7/c1-25(2)42(50-6)48(59)57-26(3)9-14-39(57)46-52-37-13-11-30-19-36-34-12-10-31(18-33(34)24-63-41(36)20-35(30)44(37)54-46)38-21-51-45(53-38)40-17-29(23-61-7)22-56(40)47(58)43(55-49(60)62-8)32-15-27(4)64-28(5)16-32/h10-13,18-21,25-29,32,39-40,42-43,50H,9,14-17,22-24H2,1-8H3,(H,51,53)(H,52,54)(H,55,60)/t26-,27+,28?,29-,32?,39-,40-,42-,43-/m0/s1. The molecule has 2 unspecified atom stereocenters. The van der Waals surface area contributed by atoms with Crippen LogP contribution in [0.1, 0.15) is 96.0 Å². The molecule has 6 heterocycles. The largest absolute Gasteiger partial charge is 0.488 e. The second-order valence-electron chi connectivity index (χ2n) is 18.9. The SMILES string of the molecule is CN[C@H](C(=O)N1[C@@H](C)CC[C@H]1c1nc2ccc3cc4c(cc3c2[nH]1)OCc1cc(-c2cnc([C@@H]3C[C@H](COC)CN3C(=O)[C@@H](NC(=O)OC)C3CC(C)O[C@H](C)C3)[nH]2)ccc1-4)C(C)C. The van der Waals surface area contributed by atoms with Gasteiger partial charge >= 0.3 is 6.09 Å². The van der Waals surface area contributed by atoms with Crippen LogP contribution < -0.4 is 15.4 Å². The molecule has 4 aliphatic heterocycles. The van der Waals surface area contributed by atoms with Gasteiger partial charge in [0.1, 0.15) is 30.0 Å². The number of ether oxygens (including phenoxy) is 4. The minimum atomic E-state index is -0.770. The molecule has 0 saturated carbocycles. The summed E-state index contributed by atoms with van der Waals surface area (Å²) in [4.78, 5) is 62.0. The number of benzene rings is 3. The molecule has 9 rings (SSSR count). The summed E-state index contributed by atoms with van der Waals surface area (Å²) in [5.41, 5.74) is 6.78. The van der Waals surface area contributed by atoms with Crippen molar-refractivity contribution in [3.8, 4) is 28.1 Å². The lowest BCUT2D eigenvalue weighted by atomic mass is 9.85. The van der Waals surface area contributed by atoms with Crippen molar-refractivity contribution in [2.45, 2.75) is 116 Å². The number of amides is 3. The Hall–Kier alpha value is -5.51. The van der Waals surface area contributed by atoms with Crippen LogP contribution in [0, 0.1) is 17.8 Å². The third kappa shape index (κ3) is 8.11. The maximum Gasteiger partial charge on any atom is 0.407 e. The molecule has 2 aromatic heterocycles.